The molecule has 4 aromatic rings. The summed E-state index contributed by atoms with van der Waals surface area (Å²) >= 11 is 1.28. The van der Waals surface area contributed by atoms with Crippen LogP contribution in [0.3, 0.4) is 0 Å². The summed E-state index contributed by atoms with van der Waals surface area (Å²) in [6, 6.07) is 4.43. The van der Waals surface area contributed by atoms with E-state index in [1.165, 1.54) is 25.6 Å². The molecule has 0 aliphatic heterocycles. The van der Waals surface area contributed by atoms with Crippen molar-refractivity contribution in [2.75, 3.05) is 26.1 Å². The highest BCUT2D eigenvalue weighted by molar-refractivity contribution is 7.17. The third-order valence-electron chi connectivity index (χ3n) is 6.56. The Hall–Kier alpha value is -3.09. The zero-order valence-electron chi connectivity index (χ0n) is 21.9. The van der Waals surface area contributed by atoms with E-state index in [1.807, 2.05) is 10.8 Å². The first-order valence-electron chi connectivity index (χ1n) is 12.3. The summed E-state index contributed by atoms with van der Waals surface area (Å²) in [5, 5.41) is 3.40. The average Bonchev–Trinajstić information content (AvgIpc) is 3.25. The van der Waals surface area contributed by atoms with Gasteiger partial charge in [-0.05, 0) is 24.6 Å². The Bertz CT molecular complexity index is 1520. The molecule has 1 aliphatic carbocycles. The minimum atomic E-state index is -1.29. The second kappa shape index (κ2) is 10.2. The minimum absolute atomic E-state index is 0.0130. The van der Waals surface area contributed by atoms with E-state index in [2.05, 4.69) is 34.9 Å². The maximum atomic E-state index is 15.5. The van der Waals surface area contributed by atoms with Crippen LogP contribution in [0.2, 0.25) is 25.7 Å². The number of carbonyl (C=O) groups is 1. The van der Waals surface area contributed by atoms with E-state index in [4.69, 9.17) is 14.2 Å². The number of halogens is 2. The van der Waals surface area contributed by atoms with Crippen LogP contribution in [0.1, 0.15) is 6.42 Å². The lowest BCUT2D eigenvalue weighted by molar-refractivity contribution is -0.117. The molecule has 1 N–H and O–H groups in total. The normalized spacial score (nSPS) is 17.2. The zero-order chi connectivity index (χ0) is 27.2. The highest BCUT2D eigenvalue weighted by Gasteiger charge is 2.43. The number of carbonyl (C=O) groups excluding carboxylic acids is 1. The molecule has 1 saturated carbocycles. The van der Waals surface area contributed by atoms with E-state index >= 15 is 4.39 Å². The van der Waals surface area contributed by atoms with Crippen molar-refractivity contribution in [2.45, 2.75) is 45.0 Å². The molecule has 0 radical (unpaired) electrons. The fraction of sp³-hybridized carbons (Fsp3) is 0.423. The number of nitrogens with one attached hydrogen (secondary N) is 1. The number of fused-ring (bicyclic) bond motifs is 2. The number of methoxy groups -OCH3 is 2. The van der Waals surface area contributed by atoms with Crippen LogP contribution in [-0.2, 0) is 16.3 Å². The van der Waals surface area contributed by atoms with Gasteiger partial charge >= 0.3 is 0 Å². The van der Waals surface area contributed by atoms with Crippen LogP contribution >= 0.6 is 11.3 Å². The SMILES string of the molecule is COc1c(-c2cn(COCC[Si](C)(C)C)c3nc(NC(=O)[C@@H]4C[C@@H]4F)ccc23)c(OC)c2scnc2c1F. The van der Waals surface area contributed by atoms with E-state index in [1.54, 1.807) is 17.6 Å². The molecule has 1 aliphatic rings. The van der Waals surface area contributed by atoms with Gasteiger partial charge in [0.05, 0.1) is 31.2 Å². The first-order valence-corrected chi connectivity index (χ1v) is 16.9. The third-order valence-corrected chi connectivity index (χ3v) is 9.09. The van der Waals surface area contributed by atoms with Gasteiger partial charge in [0, 0.05) is 31.8 Å². The molecule has 8 nitrogen and oxygen atoms in total. The van der Waals surface area contributed by atoms with Gasteiger partial charge in [0.1, 0.15) is 40.3 Å². The maximum absolute atomic E-state index is 15.5. The van der Waals surface area contributed by atoms with Crippen molar-refractivity contribution in [1.82, 2.24) is 14.5 Å². The topological polar surface area (TPSA) is 87.5 Å². The van der Waals surface area contributed by atoms with Crippen molar-refractivity contribution in [3.05, 3.63) is 29.7 Å². The number of thiazole rings is 1. The summed E-state index contributed by atoms with van der Waals surface area (Å²) in [6.07, 6.45) is 0.943. The Morgan fingerprint density at radius 1 is 1.24 bits per heavy atom. The number of rotatable bonds is 10. The molecule has 0 saturated heterocycles. The number of aromatic nitrogens is 3. The number of ether oxygens (including phenoxy) is 3. The van der Waals surface area contributed by atoms with Gasteiger partial charge in [-0.3, -0.25) is 4.79 Å². The van der Waals surface area contributed by atoms with Gasteiger partial charge in [-0.25, -0.2) is 18.7 Å². The highest BCUT2D eigenvalue weighted by Crippen LogP contribution is 2.49. The van der Waals surface area contributed by atoms with E-state index in [0.29, 0.717) is 45.0 Å². The molecule has 202 valence electrons. The summed E-state index contributed by atoms with van der Waals surface area (Å²) in [5.74, 6) is -0.845. The van der Waals surface area contributed by atoms with Crippen LogP contribution in [0.25, 0.3) is 32.4 Å². The number of hydrogen-bond acceptors (Lipinski definition) is 7. The fourth-order valence-corrected chi connectivity index (χ4v) is 5.92. The smallest absolute Gasteiger partial charge is 0.231 e. The van der Waals surface area contributed by atoms with Gasteiger partial charge in [-0.15, -0.1) is 11.3 Å². The van der Waals surface area contributed by atoms with Crippen molar-refractivity contribution in [2.24, 2.45) is 5.92 Å². The number of hydrogen-bond donors (Lipinski definition) is 1. The lowest BCUT2D eigenvalue weighted by Gasteiger charge is -2.15. The van der Waals surface area contributed by atoms with Gasteiger partial charge in [-0.1, -0.05) is 19.6 Å². The molecular formula is C26H30F2N4O4SSi. The Morgan fingerprint density at radius 2 is 1.97 bits per heavy atom. The Labute approximate surface area is 223 Å². The van der Waals surface area contributed by atoms with Gasteiger partial charge in [0.25, 0.3) is 0 Å². The van der Waals surface area contributed by atoms with Gasteiger partial charge in [0.2, 0.25) is 5.91 Å². The van der Waals surface area contributed by atoms with Crippen molar-refractivity contribution >= 4 is 52.4 Å². The second-order valence-corrected chi connectivity index (χ2v) is 17.0. The molecular weight excluding hydrogens is 530 g/mol. The Balaban J connectivity index is 1.62. The summed E-state index contributed by atoms with van der Waals surface area (Å²) in [4.78, 5) is 21.2. The average molecular weight is 561 g/mol. The van der Waals surface area contributed by atoms with Crippen LogP contribution in [0, 0.1) is 11.7 Å². The van der Waals surface area contributed by atoms with Crippen LogP contribution in [0.5, 0.6) is 11.5 Å². The summed E-state index contributed by atoms with van der Waals surface area (Å²) in [6.45, 7) is 7.63. The van der Waals surface area contributed by atoms with Crippen molar-refractivity contribution in [1.29, 1.82) is 0 Å². The van der Waals surface area contributed by atoms with Crippen LogP contribution in [-0.4, -0.2) is 55.5 Å². The van der Waals surface area contributed by atoms with E-state index < -0.39 is 31.9 Å². The number of amides is 1. The van der Waals surface area contributed by atoms with Crippen LogP contribution in [0.4, 0.5) is 14.6 Å². The number of nitrogens with zero attached hydrogens (tertiary/aromatic N) is 3. The monoisotopic (exact) mass is 560 g/mol. The fourth-order valence-electron chi connectivity index (χ4n) is 4.36. The molecule has 12 heteroatoms. The molecule has 3 aromatic heterocycles. The molecule has 0 unspecified atom stereocenters. The number of anilines is 1. The predicted molar refractivity (Wildman–Crippen MR) is 147 cm³/mol. The van der Waals surface area contributed by atoms with Crippen molar-refractivity contribution < 1.29 is 27.8 Å². The largest absolute Gasteiger partial charge is 0.494 e. The molecule has 5 rings (SSSR count). The van der Waals surface area contributed by atoms with E-state index in [9.17, 15) is 9.18 Å². The lowest BCUT2D eigenvalue weighted by Crippen LogP contribution is -2.22. The quantitative estimate of drug-likeness (QED) is 0.187. The predicted octanol–water partition coefficient (Wildman–Crippen LogP) is 6.08. The first-order chi connectivity index (χ1) is 18.1. The van der Waals surface area contributed by atoms with Crippen molar-refractivity contribution in [3.8, 4) is 22.6 Å². The summed E-state index contributed by atoms with van der Waals surface area (Å²) < 4.78 is 48.6. The molecule has 0 spiro atoms. The minimum Gasteiger partial charge on any atom is -0.494 e. The standard InChI is InChI=1S/C26H30F2N4O4SSi/c1-34-22-19(23(35-2)24-21(20(22)28)29-12-37-24)16-11-32(13-36-8-9-38(3,4)5)25-14(16)6-7-18(30-25)31-26(33)15-10-17(15)27/h6-7,11-12,15,17H,8-10,13H2,1-5H3,(H,30,31,33)/t15-,17+/m1/s1. The summed E-state index contributed by atoms with van der Waals surface area (Å²) in [7, 11) is 1.63. The Kier molecular flexibility index (Phi) is 7.14. The molecule has 1 fully saturated rings. The molecule has 38 heavy (non-hydrogen) atoms. The zero-order valence-corrected chi connectivity index (χ0v) is 23.7. The second-order valence-electron chi connectivity index (χ2n) is 10.6. The highest BCUT2D eigenvalue weighted by atomic mass is 32.1. The van der Waals surface area contributed by atoms with Gasteiger partial charge in [-0.2, -0.15) is 0 Å². The van der Waals surface area contributed by atoms with Crippen LogP contribution < -0.4 is 14.8 Å². The molecule has 1 amide bonds. The van der Waals surface area contributed by atoms with Gasteiger partial charge < -0.3 is 24.1 Å². The van der Waals surface area contributed by atoms with Crippen LogP contribution in [0.15, 0.2) is 23.8 Å². The summed E-state index contributed by atoms with van der Waals surface area (Å²) in [5.41, 5.74) is 3.33. The first kappa shape index (κ1) is 26.5. The number of benzene rings is 1. The Morgan fingerprint density at radius 3 is 2.63 bits per heavy atom. The maximum Gasteiger partial charge on any atom is 0.231 e. The number of alkyl halides is 1. The number of pyridine rings is 1. The lowest BCUT2D eigenvalue weighted by atomic mass is 10.0. The molecule has 2 atom stereocenters. The van der Waals surface area contributed by atoms with E-state index in [0.717, 1.165) is 6.04 Å². The molecule has 0 bridgehead atoms. The third kappa shape index (κ3) is 4.99. The van der Waals surface area contributed by atoms with Crippen molar-refractivity contribution in [3.63, 3.8) is 0 Å². The van der Waals surface area contributed by atoms with E-state index in [-0.39, 0.29) is 24.4 Å². The molecule has 1 aromatic carbocycles. The van der Waals surface area contributed by atoms with Gasteiger partial charge in [0.15, 0.2) is 11.6 Å². The molecule has 3 heterocycles.